The molecule has 1 aliphatic heterocycles. The van der Waals surface area contributed by atoms with E-state index in [1.807, 2.05) is 53.6 Å². The molecule has 1 N–H and O–H groups in total. The zero-order chi connectivity index (χ0) is 23.1. The zero-order valence-corrected chi connectivity index (χ0v) is 20.7. The first-order valence-electron chi connectivity index (χ1n) is 10.4. The molecule has 1 atom stereocenters. The van der Waals surface area contributed by atoms with Gasteiger partial charge in [0.25, 0.3) is 5.89 Å². The predicted molar refractivity (Wildman–Crippen MR) is 139 cm³/mol. The van der Waals surface area contributed by atoms with Crippen LogP contribution in [0.1, 0.15) is 35.5 Å². The molecular weight excluding hydrogens is 472 g/mol. The first-order valence-corrected chi connectivity index (χ1v) is 12.1. The molecule has 33 heavy (non-hydrogen) atoms. The smallest absolute Gasteiger partial charge is 0.258 e. The second-order valence-electron chi connectivity index (χ2n) is 7.94. The number of anilines is 1. The molecule has 5 rings (SSSR count). The van der Waals surface area contributed by atoms with Crippen molar-refractivity contribution in [3.8, 4) is 10.7 Å². The molecule has 4 aromatic rings. The van der Waals surface area contributed by atoms with Crippen LogP contribution in [0, 0.1) is 13.8 Å². The molecule has 2 aromatic heterocycles. The SMILES string of the molecule is CC1=C(c2nc(-c3cccs3)no2)C(c2cccc(Cl)c2)NC(=S)N1c1ccc(C)c(C)c1. The molecule has 0 radical (unpaired) electrons. The highest BCUT2D eigenvalue weighted by atomic mass is 35.5. The van der Waals surface area contributed by atoms with Crippen molar-refractivity contribution in [2.75, 3.05) is 4.90 Å². The summed E-state index contributed by atoms with van der Waals surface area (Å²) in [6.07, 6.45) is 0. The van der Waals surface area contributed by atoms with E-state index in [2.05, 4.69) is 42.5 Å². The van der Waals surface area contributed by atoms with E-state index in [-0.39, 0.29) is 6.04 Å². The molecule has 0 amide bonds. The Labute approximate surface area is 206 Å². The van der Waals surface area contributed by atoms with Crippen LogP contribution >= 0.6 is 35.2 Å². The fourth-order valence-electron chi connectivity index (χ4n) is 3.97. The molecule has 166 valence electrons. The minimum Gasteiger partial charge on any atom is -0.351 e. The number of aryl methyl sites for hydroxylation is 2. The maximum atomic E-state index is 6.32. The average molecular weight is 493 g/mol. The van der Waals surface area contributed by atoms with Crippen molar-refractivity contribution in [1.29, 1.82) is 0 Å². The number of aromatic nitrogens is 2. The van der Waals surface area contributed by atoms with Crippen molar-refractivity contribution in [3.05, 3.63) is 93.3 Å². The third-order valence-corrected chi connectivity index (χ3v) is 7.21. The van der Waals surface area contributed by atoms with Crippen LogP contribution in [0.3, 0.4) is 0 Å². The summed E-state index contributed by atoms with van der Waals surface area (Å²) in [5, 5.41) is 11.0. The van der Waals surface area contributed by atoms with Crippen LogP contribution in [0.15, 0.2) is 70.2 Å². The number of hydrogen-bond donors (Lipinski definition) is 1. The number of nitrogens with one attached hydrogen (secondary N) is 1. The topological polar surface area (TPSA) is 54.2 Å². The number of thiophene rings is 1. The molecule has 1 unspecified atom stereocenters. The Morgan fingerprint density at radius 1 is 1.06 bits per heavy atom. The monoisotopic (exact) mass is 492 g/mol. The Morgan fingerprint density at radius 3 is 2.64 bits per heavy atom. The van der Waals surface area contributed by atoms with Gasteiger partial charge in [0, 0.05) is 16.4 Å². The Kier molecular flexibility index (Phi) is 5.78. The Morgan fingerprint density at radius 2 is 1.91 bits per heavy atom. The molecule has 2 aromatic carbocycles. The van der Waals surface area contributed by atoms with E-state index < -0.39 is 0 Å². The minimum absolute atomic E-state index is 0.282. The maximum absolute atomic E-state index is 6.32. The van der Waals surface area contributed by atoms with Crippen LogP contribution < -0.4 is 10.2 Å². The molecular formula is C25H21ClN4OS2. The van der Waals surface area contributed by atoms with E-state index in [0.29, 0.717) is 21.9 Å². The van der Waals surface area contributed by atoms with Gasteiger partial charge in [-0.15, -0.1) is 11.3 Å². The molecule has 0 saturated heterocycles. The van der Waals surface area contributed by atoms with Crippen LogP contribution in [-0.2, 0) is 0 Å². The molecule has 0 aliphatic carbocycles. The van der Waals surface area contributed by atoms with Gasteiger partial charge in [-0.05, 0) is 85.4 Å². The summed E-state index contributed by atoms with van der Waals surface area (Å²) in [5.74, 6) is 1.01. The van der Waals surface area contributed by atoms with Gasteiger partial charge in [0.2, 0.25) is 5.82 Å². The van der Waals surface area contributed by atoms with E-state index in [4.69, 9.17) is 33.3 Å². The van der Waals surface area contributed by atoms with Gasteiger partial charge in [0.15, 0.2) is 5.11 Å². The van der Waals surface area contributed by atoms with Crippen LogP contribution in [-0.4, -0.2) is 15.3 Å². The Balaban J connectivity index is 1.68. The molecule has 3 heterocycles. The number of nitrogens with zero attached hydrogens (tertiary/aromatic N) is 3. The molecule has 0 spiro atoms. The van der Waals surface area contributed by atoms with Crippen molar-refractivity contribution >= 4 is 51.5 Å². The van der Waals surface area contributed by atoms with E-state index >= 15 is 0 Å². The van der Waals surface area contributed by atoms with Crippen LogP contribution in [0.2, 0.25) is 5.02 Å². The maximum Gasteiger partial charge on any atom is 0.258 e. The van der Waals surface area contributed by atoms with Gasteiger partial charge in [-0.3, -0.25) is 4.90 Å². The summed E-state index contributed by atoms with van der Waals surface area (Å²) in [6, 6.07) is 17.7. The normalized spacial score (nSPS) is 16.3. The highest BCUT2D eigenvalue weighted by Gasteiger charge is 2.35. The van der Waals surface area contributed by atoms with Crippen LogP contribution in [0.4, 0.5) is 5.69 Å². The van der Waals surface area contributed by atoms with Gasteiger partial charge < -0.3 is 9.84 Å². The second kappa shape index (κ2) is 8.74. The third-order valence-electron chi connectivity index (χ3n) is 5.81. The standard InChI is InChI=1S/C25H21ClN4OS2/c1-14-9-10-19(12-15(14)2)30-16(3)21(24-28-23(29-31-24)20-8-5-11-33-20)22(27-25(30)32)17-6-4-7-18(26)13-17/h4-13,22H,1-3H3,(H,27,32). The van der Waals surface area contributed by atoms with Crippen LogP contribution in [0.5, 0.6) is 0 Å². The van der Waals surface area contributed by atoms with Gasteiger partial charge in [-0.2, -0.15) is 4.98 Å². The fourth-order valence-corrected chi connectivity index (χ4v) is 5.18. The molecule has 0 saturated carbocycles. The number of halogens is 1. The number of hydrogen-bond acceptors (Lipinski definition) is 5. The van der Waals surface area contributed by atoms with Gasteiger partial charge in [0.05, 0.1) is 16.5 Å². The number of allylic oxidation sites excluding steroid dienone is 1. The lowest BCUT2D eigenvalue weighted by Gasteiger charge is -2.37. The summed E-state index contributed by atoms with van der Waals surface area (Å²) >= 11 is 13.7. The number of thiocarbonyl (C=S) groups is 1. The first kappa shape index (κ1) is 21.8. The van der Waals surface area contributed by atoms with E-state index in [1.165, 1.54) is 11.1 Å². The van der Waals surface area contributed by atoms with Crippen molar-refractivity contribution in [1.82, 2.24) is 15.5 Å². The van der Waals surface area contributed by atoms with Gasteiger partial charge in [-0.25, -0.2) is 0 Å². The number of benzene rings is 2. The third kappa shape index (κ3) is 4.08. The average Bonchev–Trinajstić information content (AvgIpc) is 3.48. The molecule has 8 heteroatoms. The van der Waals surface area contributed by atoms with Crippen molar-refractivity contribution in [3.63, 3.8) is 0 Å². The summed E-state index contributed by atoms with van der Waals surface area (Å²) < 4.78 is 5.79. The molecule has 0 bridgehead atoms. The molecule has 0 fully saturated rings. The summed E-state index contributed by atoms with van der Waals surface area (Å²) in [4.78, 5) is 7.71. The van der Waals surface area contributed by atoms with E-state index in [0.717, 1.165) is 27.4 Å². The minimum atomic E-state index is -0.282. The number of rotatable bonds is 4. The Hall–Kier alpha value is -3.00. The predicted octanol–water partition coefficient (Wildman–Crippen LogP) is 6.94. The fraction of sp³-hybridized carbons (Fsp3) is 0.160. The van der Waals surface area contributed by atoms with Crippen molar-refractivity contribution in [2.24, 2.45) is 0 Å². The second-order valence-corrected chi connectivity index (χ2v) is 9.71. The lowest BCUT2D eigenvalue weighted by atomic mass is 9.94. The van der Waals surface area contributed by atoms with Crippen molar-refractivity contribution < 1.29 is 4.52 Å². The summed E-state index contributed by atoms with van der Waals surface area (Å²) in [6.45, 7) is 6.23. The summed E-state index contributed by atoms with van der Waals surface area (Å²) in [7, 11) is 0. The highest BCUT2D eigenvalue weighted by molar-refractivity contribution is 7.80. The van der Waals surface area contributed by atoms with Gasteiger partial charge in [-0.1, -0.05) is 41.0 Å². The zero-order valence-electron chi connectivity index (χ0n) is 18.3. The molecule has 1 aliphatic rings. The lowest BCUT2D eigenvalue weighted by molar-refractivity contribution is 0.404. The molecule has 5 nitrogen and oxygen atoms in total. The Bertz CT molecular complexity index is 1380. The summed E-state index contributed by atoms with van der Waals surface area (Å²) in [5.41, 5.74) is 6.15. The first-order chi connectivity index (χ1) is 15.9. The van der Waals surface area contributed by atoms with E-state index in [9.17, 15) is 0 Å². The largest absolute Gasteiger partial charge is 0.351 e. The lowest BCUT2D eigenvalue weighted by Crippen LogP contribution is -2.46. The quantitative estimate of drug-likeness (QED) is 0.311. The van der Waals surface area contributed by atoms with Crippen molar-refractivity contribution in [2.45, 2.75) is 26.8 Å². The van der Waals surface area contributed by atoms with Gasteiger partial charge >= 0.3 is 0 Å². The highest BCUT2D eigenvalue weighted by Crippen LogP contribution is 2.40. The van der Waals surface area contributed by atoms with Crippen LogP contribution in [0.25, 0.3) is 16.3 Å². The van der Waals surface area contributed by atoms with Gasteiger partial charge in [0.1, 0.15) is 0 Å². The van der Waals surface area contributed by atoms with E-state index in [1.54, 1.807) is 11.3 Å².